The van der Waals surface area contributed by atoms with E-state index in [0.29, 0.717) is 22.6 Å². The minimum atomic E-state index is -3.78. The third-order valence-corrected chi connectivity index (χ3v) is 4.70. The lowest BCUT2D eigenvalue weighted by atomic mass is 10.1. The molecule has 0 atom stereocenters. The van der Waals surface area contributed by atoms with Crippen molar-refractivity contribution in [1.82, 2.24) is 0 Å². The Kier molecular flexibility index (Phi) is 3.86. The molecule has 1 aliphatic rings. The molecule has 0 aliphatic carbocycles. The molecule has 0 unspecified atom stereocenters. The average Bonchev–Trinajstić information content (AvgIpc) is 2.79. The molecular formula is C16H14N2O5S. The Balaban J connectivity index is 1.93. The number of carbonyl (C=O) groups excluding carboxylic acids is 2. The van der Waals surface area contributed by atoms with Gasteiger partial charge >= 0.3 is 0 Å². The van der Waals surface area contributed by atoms with E-state index in [1.807, 2.05) is 0 Å². The van der Waals surface area contributed by atoms with E-state index < -0.39 is 21.7 Å². The van der Waals surface area contributed by atoms with Gasteiger partial charge in [0.2, 0.25) is 10.0 Å². The van der Waals surface area contributed by atoms with Crippen molar-refractivity contribution < 1.29 is 22.7 Å². The summed E-state index contributed by atoms with van der Waals surface area (Å²) in [5, 5.41) is 5.06. The van der Waals surface area contributed by atoms with Crippen molar-refractivity contribution in [1.29, 1.82) is 0 Å². The first-order chi connectivity index (χ1) is 11.3. The summed E-state index contributed by atoms with van der Waals surface area (Å²) >= 11 is 0. The van der Waals surface area contributed by atoms with E-state index in [0.717, 1.165) is 0 Å². The first-order valence-electron chi connectivity index (χ1n) is 6.97. The summed E-state index contributed by atoms with van der Waals surface area (Å²) in [7, 11) is -2.28. The zero-order chi connectivity index (χ0) is 17.5. The van der Waals surface area contributed by atoms with Crippen LogP contribution in [0.2, 0.25) is 0 Å². The number of hydrogen-bond donors (Lipinski definition) is 1. The monoisotopic (exact) mass is 346 g/mol. The highest BCUT2D eigenvalue weighted by Gasteiger charge is 2.36. The van der Waals surface area contributed by atoms with Crippen molar-refractivity contribution in [3.8, 4) is 5.75 Å². The van der Waals surface area contributed by atoms with E-state index in [1.54, 1.807) is 30.3 Å². The van der Waals surface area contributed by atoms with Gasteiger partial charge in [-0.25, -0.2) is 13.6 Å². The van der Waals surface area contributed by atoms with Crippen LogP contribution in [0.1, 0.15) is 15.9 Å². The second kappa shape index (κ2) is 5.73. The summed E-state index contributed by atoms with van der Waals surface area (Å²) in [6.45, 7) is 0.135. The topological polar surface area (TPSA) is 107 Å². The van der Waals surface area contributed by atoms with Crippen LogP contribution in [-0.2, 0) is 21.4 Å². The van der Waals surface area contributed by atoms with Crippen molar-refractivity contribution in [2.24, 2.45) is 5.14 Å². The van der Waals surface area contributed by atoms with Gasteiger partial charge in [0, 0.05) is 6.07 Å². The maximum Gasteiger partial charge on any atom is 0.299 e. The molecule has 0 radical (unpaired) electrons. The van der Waals surface area contributed by atoms with Crippen LogP contribution < -0.4 is 14.8 Å². The lowest BCUT2D eigenvalue weighted by molar-refractivity contribution is -0.114. The number of ether oxygens (including phenoxy) is 1. The van der Waals surface area contributed by atoms with Crippen LogP contribution in [0.15, 0.2) is 47.4 Å². The highest BCUT2D eigenvalue weighted by Crippen LogP contribution is 2.33. The van der Waals surface area contributed by atoms with Crippen LogP contribution in [0.3, 0.4) is 0 Å². The zero-order valence-corrected chi connectivity index (χ0v) is 13.5. The molecule has 2 aromatic rings. The Labute approximate surface area is 138 Å². The molecule has 1 amide bonds. The van der Waals surface area contributed by atoms with Gasteiger partial charge in [-0.2, -0.15) is 0 Å². The average molecular weight is 346 g/mol. The Morgan fingerprint density at radius 1 is 1.08 bits per heavy atom. The lowest BCUT2D eigenvalue weighted by Crippen LogP contribution is -2.29. The number of nitrogens with zero attached hydrogens (tertiary/aromatic N) is 1. The smallest absolute Gasteiger partial charge is 0.299 e. The number of Topliss-reactive ketones (excluding diaryl/α,β-unsaturated/α-hetero) is 1. The normalized spacial score (nSPS) is 14.0. The lowest BCUT2D eigenvalue weighted by Gasteiger charge is -2.17. The second-order valence-corrected chi connectivity index (χ2v) is 6.85. The molecule has 0 saturated carbocycles. The third-order valence-electron chi connectivity index (χ3n) is 3.77. The van der Waals surface area contributed by atoms with E-state index in [9.17, 15) is 18.0 Å². The molecule has 124 valence electrons. The van der Waals surface area contributed by atoms with Crippen LogP contribution >= 0.6 is 0 Å². The highest BCUT2D eigenvalue weighted by molar-refractivity contribution is 7.89. The van der Waals surface area contributed by atoms with Gasteiger partial charge in [-0.1, -0.05) is 12.1 Å². The van der Waals surface area contributed by atoms with Gasteiger partial charge in [0.25, 0.3) is 11.7 Å². The summed E-state index contributed by atoms with van der Waals surface area (Å²) in [6, 6.07) is 10.6. The molecule has 24 heavy (non-hydrogen) atoms. The number of sulfonamides is 1. The number of methoxy groups -OCH3 is 1. The number of carbonyl (C=O) groups is 2. The Bertz CT molecular complexity index is 935. The van der Waals surface area contributed by atoms with E-state index in [2.05, 4.69) is 0 Å². The van der Waals surface area contributed by atoms with Gasteiger partial charge < -0.3 is 9.64 Å². The van der Waals surface area contributed by atoms with E-state index in [4.69, 9.17) is 9.88 Å². The summed E-state index contributed by atoms with van der Waals surface area (Å²) in [4.78, 5) is 25.6. The third kappa shape index (κ3) is 2.77. The quantitative estimate of drug-likeness (QED) is 0.834. The summed E-state index contributed by atoms with van der Waals surface area (Å²) < 4.78 is 27.7. The Morgan fingerprint density at radius 3 is 2.33 bits per heavy atom. The van der Waals surface area contributed by atoms with Gasteiger partial charge in [-0.3, -0.25) is 9.59 Å². The number of benzene rings is 2. The summed E-state index contributed by atoms with van der Waals surface area (Å²) in [5.74, 6) is -0.673. The largest absolute Gasteiger partial charge is 0.497 e. The number of fused-ring (bicyclic) bond motifs is 1. The number of hydrogen-bond acceptors (Lipinski definition) is 5. The summed E-state index contributed by atoms with van der Waals surface area (Å²) in [6.07, 6.45) is 0. The van der Waals surface area contributed by atoms with Gasteiger partial charge in [0.15, 0.2) is 0 Å². The van der Waals surface area contributed by atoms with Crippen molar-refractivity contribution in [2.75, 3.05) is 12.0 Å². The van der Waals surface area contributed by atoms with E-state index >= 15 is 0 Å². The van der Waals surface area contributed by atoms with Gasteiger partial charge in [0.1, 0.15) is 5.75 Å². The fourth-order valence-corrected chi connectivity index (χ4v) is 3.04. The molecule has 0 bridgehead atoms. The highest BCUT2D eigenvalue weighted by atomic mass is 32.2. The Hall–Kier alpha value is -2.71. The predicted molar refractivity (Wildman–Crippen MR) is 86.3 cm³/mol. The number of rotatable bonds is 4. The molecule has 0 spiro atoms. The second-order valence-electron chi connectivity index (χ2n) is 5.29. The first kappa shape index (κ1) is 16.2. The van der Waals surface area contributed by atoms with Crippen LogP contribution in [0.5, 0.6) is 5.75 Å². The number of nitrogens with two attached hydrogens (primary N) is 1. The van der Waals surface area contributed by atoms with Gasteiger partial charge in [0.05, 0.1) is 29.8 Å². The Morgan fingerprint density at radius 2 is 1.75 bits per heavy atom. The minimum Gasteiger partial charge on any atom is -0.497 e. The first-order valence-corrected chi connectivity index (χ1v) is 8.52. The fraction of sp³-hybridized carbons (Fsp3) is 0.125. The maximum absolute atomic E-state index is 12.2. The molecule has 2 N–H and O–H groups in total. The maximum atomic E-state index is 12.2. The van der Waals surface area contributed by atoms with Crippen LogP contribution in [0.4, 0.5) is 5.69 Å². The number of primary sulfonamides is 1. The van der Waals surface area contributed by atoms with Crippen molar-refractivity contribution >= 4 is 27.4 Å². The predicted octanol–water partition coefficient (Wildman–Crippen LogP) is 1.07. The number of amides is 1. The molecule has 2 aromatic carbocycles. The van der Waals surface area contributed by atoms with Crippen LogP contribution in [0.25, 0.3) is 0 Å². The molecule has 1 heterocycles. The minimum absolute atomic E-state index is 0.0165. The van der Waals surface area contributed by atoms with Crippen LogP contribution in [-0.4, -0.2) is 27.2 Å². The molecule has 8 heteroatoms. The number of ketones is 1. The molecule has 0 saturated heterocycles. The van der Waals surface area contributed by atoms with Gasteiger partial charge in [-0.05, 0) is 29.8 Å². The molecular weight excluding hydrogens is 332 g/mol. The molecule has 7 nitrogen and oxygen atoms in total. The molecule has 0 fully saturated rings. The SMILES string of the molecule is COc1ccc2c(c1)N(Cc1ccc(S(N)(=O)=O)cc1)C(=O)C2=O. The zero-order valence-electron chi connectivity index (χ0n) is 12.7. The van der Waals surface area contributed by atoms with E-state index in [1.165, 1.54) is 24.1 Å². The fourth-order valence-electron chi connectivity index (χ4n) is 2.53. The van der Waals surface area contributed by atoms with Crippen molar-refractivity contribution in [3.63, 3.8) is 0 Å². The molecule has 0 aromatic heterocycles. The summed E-state index contributed by atoms with van der Waals surface area (Å²) in [5.41, 5.74) is 1.46. The van der Waals surface area contributed by atoms with E-state index in [-0.39, 0.29) is 11.4 Å². The van der Waals surface area contributed by atoms with Crippen molar-refractivity contribution in [2.45, 2.75) is 11.4 Å². The number of anilines is 1. The van der Waals surface area contributed by atoms with Crippen molar-refractivity contribution in [3.05, 3.63) is 53.6 Å². The molecule has 1 aliphatic heterocycles. The van der Waals surface area contributed by atoms with Crippen LogP contribution in [0, 0.1) is 0 Å². The molecule has 3 rings (SSSR count). The standard InChI is InChI=1S/C16H14N2O5S/c1-23-11-4-7-13-14(8-11)18(16(20)15(13)19)9-10-2-5-12(6-3-10)24(17,21)22/h2-8H,9H2,1H3,(H2,17,21,22). The van der Waals surface area contributed by atoms with Gasteiger partial charge in [-0.15, -0.1) is 0 Å².